The minimum atomic E-state index is -0.791. The zero-order valence-electron chi connectivity index (χ0n) is 15.8. The van der Waals surface area contributed by atoms with Crippen LogP contribution in [0.5, 0.6) is 0 Å². The number of unbranched alkanes of at least 4 members (excludes halogenated alkanes) is 1. The van der Waals surface area contributed by atoms with Crippen LogP contribution in [0.2, 0.25) is 0 Å². The summed E-state index contributed by atoms with van der Waals surface area (Å²) in [6.07, 6.45) is 4.66. The highest BCUT2D eigenvalue weighted by molar-refractivity contribution is 6.06. The van der Waals surface area contributed by atoms with Crippen LogP contribution in [-0.2, 0) is 9.59 Å². The van der Waals surface area contributed by atoms with Gasteiger partial charge in [-0.25, -0.2) is 4.79 Å². The molecule has 2 fully saturated rings. The molecule has 0 aromatic rings. The van der Waals surface area contributed by atoms with Crippen molar-refractivity contribution in [3.8, 4) is 0 Å². The van der Waals surface area contributed by atoms with Crippen molar-refractivity contribution in [1.82, 2.24) is 20.4 Å². The number of piperidine rings is 1. The van der Waals surface area contributed by atoms with Crippen molar-refractivity contribution in [2.75, 3.05) is 32.7 Å². The zero-order valence-corrected chi connectivity index (χ0v) is 15.8. The number of hydrogen-bond donors (Lipinski definition) is 2. The summed E-state index contributed by atoms with van der Waals surface area (Å²) in [5, 5.41) is 5.72. The first-order chi connectivity index (χ1) is 11.8. The second-order valence-corrected chi connectivity index (χ2v) is 7.63. The van der Waals surface area contributed by atoms with Crippen molar-refractivity contribution in [3.63, 3.8) is 0 Å². The van der Waals surface area contributed by atoms with E-state index < -0.39 is 5.54 Å². The molecule has 0 saturated carbocycles. The van der Waals surface area contributed by atoms with E-state index in [0.717, 1.165) is 58.3 Å². The molecule has 2 aliphatic rings. The van der Waals surface area contributed by atoms with Crippen LogP contribution in [0.4, 0.5) is 4.79 Å². The highest BCUT2D eigenvalue weighted by Gasteiger charge is 2.43. The van der Waals surface area contributed by atoms with E-state index in [1.165, 1.54) is 4.90 Å². The van der Waals surface area contributed by atoms with Crippen molar-refractivity contribution < 1.29 is 14.4 Å². The summed E-state index contributed by atoms with van der Waals surface area (Å²) in [6, 6.07) is -0.294. The molecule has 0 bridgehead atoms. The molecule has 0 aromatic heterocycles. The van der Waals surface area contributed by atoms with Crippen LogP contribution in [0.3, 0.4) is 0 Å². The highest BCUT2D eigenvalue weighted by Crippen LogP contribution is 2.19. The highest BCUT2D eigenvalue weighted by atomic mass is 16.2. The van der Waals surface area contributed by atoms with E-state index in [0.29, 0.717) is 6.54 Å². The summed E-state index contributed by atoms with van der Waals surface area (Å²) in [6.45, 7) is 9.44. The van der Waals surface area contributed by atoms with Crippen molar-refractivity contribution in [3.05, 3.63) is 0 Å². The average Bonchev–Trinajstić information content (AvgIpc) is 2.77. The predicted molar refractivity (Wildman–Crippen MR) is 96.0 cm³/mol. The van der Waals surface area contributed by atoms with Gasteiger partial charge in [0.1, 0.15) is 5.54 Å². The van der Waals surface area contributed by atoms with Crippen molar-refractivity contribution in [2.45, 2.75) is 58.4 Å². The lowest BCUT2D eigenvalue weighted by molar-refractivity contribution is -0.130. The van der Waals surface area contributed by atoms with Gasteiger partial charge in [0.05, 0.1) is 0 Å². The Bertz CT molecular complexity index is 499. The van der Waals surface area contributed by atoms with E-state index >= 15 is 0 Å². The summed E-state index contributed by atoms with van der Waals surface area (Å²) in [5.74, 6) is 0.162. The van der Waals surface area contributed by atoms with Gasteiger partial charge in [-0.1, -0.05) is 13.3 Å². The molecule has 0 atom stereocenters. The average molecular weight is 352 g/mol. The minimum absolute atomic E-state index is 0.125. The molecule has 0 spiro atoms. The summed E-state index contributed by atoms with van der Waals surface area (Å²) >= 11 is 0. The molecule has 0 unspecified atom stereocenters. The number of rotatable bonds is 8. The van der Waals surface area contributed by atoms with E-state index in [1.54, 1.807) is 13.8 Å². The van der Waals surface area contributed by atoms with Crippen molar-refractivity contribution in [2.24, 2.45) is 5.92 Å². The van der Waals surface area contributed by atoms with Crippen LogP contribution in [0, 0.1) is 5.92 Å². The smallest absolute Gasteiger partial charge is 0.325 e. The Labute approximate surface area is 150 Å². The summed E-state index contributed by atoms with van der Waals surface area (Å²) in [4.78, 5) is 39.7. The molecule has 2 saturated heterocycles. The van der Waals surface area contributed by atoms with Gasteiger partial charge in [0.2, 0.25) is 5.91 Å². The number of carbonyl (C=O) groups is 3. The quantitative estimate of drug-likeness (QED) is 0.510. The number of nitrogens with zero attached hydrogens (tertiary/aromatic N) is 2. The molecule has 0 aliphatic carbocycles. The fourth-order valence-electron chi connectivity index (χ4n) is 3.42. The Morgan fingerprint density at radius 3 is 2.44 bits per heavy atom. The number of carbonyl (C=O) groups excluding carboxylic acids is 3. The lowest BCUT2D eigenvalue weighted by Gasteiger charge is -2.31. The Hall–Kier alpha value is -1.63. The van der Waals surface area contributed by atoms with E-state index in [4.69, 9.17) is 0 Å². The fourth-order valence-corrected chi connectivity index (χ4v) is 3.42. The van der Waals surface area contributed by atoms with E-state index in [1.807, 2.05) is 0 Å². The van der Waals surface area contributed by atoms with E-state index in [9.17, 15) is 14.4 Å². The maximum atomic E-state index is 12.1. The van der Waals surface area contributed by atoms with Crippen LogP contribution >= 0.6 is 0 Å². The van der Waals surface area contributed by atoms with Gasteiger partial charge >= 0.3 is 6.03 Å². The van der Waals surface area contributed by atoms with Gasteiger partial charge in [-0.3, -0.25) is 14.5 Å². The van der Waals surface area contributed by atoms with Crippen LogP contribution in [-0.4, -0.2) is 65.9 Å². The molecule has 7 heteroatoms. The van der Waals surface area contributed by atoms with Crippen LogP contribution < -0.4 is 10.6 Å². The third-order valence-corrected chi connectivity index (χ3v) is 5.09. The van der Waals surface area contributed by atoms with Crippen molar-refractivity contribution in [1.29, 1.82) is 0 Å². The molecule has 4 amide bonds. The Morgan fingerprint density at radius 1 is 1.20 bits per heavy atom. The molecular weight excluding hydrogens is 320 g/mol. The van der Waals surface area contributed by atoms with E-state index in [-0.39, 0.29) is 23.8 Å². The zero-order chi connectivity index (χ0) is 18.4. The third-order valence-electron chi connectivity index (χ3n) is 5.09. The minimum Gasteiger partial charge on any atom is -0.356 e. The second kappa shape index (κ2) is 8.65. The van der Waals surface area contributed by atoms with Gasteiger partial charge in [0.15, 0.2) is 0 Å². The van der Waals surface area contributed by atoms with Gasteiger partial charge in [0.25, 0.3) is 5.91 Å². The summed E-state index contributed by atoms with van der Waals surface area (Å²) in [5.41, 5.74) is -0.791. The molecule has 25 heavy (non-hydrogen) atoms. The molecule has 2 aliphatic heterocycles. The van der Waals surface area contributed by atoms with Crippen LogP contribution in [0.1, 0.15) is 52.9 Å². The number of likely N-dealkylation sites (tertiary alicyclic amines) is 1. The molecule has 0 aromatic carbocycles. The Balaban J connectivity index is 1.65. The monoisotopic (exact) mass is 352 g/mol. The van der Waals surface area contributed by atoms with Gasteiger partial charge in [-0.2, -0.15) is 0 Å². The van der Waals surface area contributed by atoms with Crippen molar-refractivity contribution >= 4 is 17.8 Å². The Kier molecular flexibility index (Phi) is 6.81. The van der Waals surface area contributed by atoms with E-state index in [2.05, 4.69) is 22.5 Å². The third kappa shape index (κ3) is 5.17. The normalized spacial score (nSPS) is 21.5. The largest absolute Gasteiger partial charge is 0.356 e. The predicted octanol–water partition coefficient (Wildman–Crippen LogP) is 1.34. The number of urea groups is 1. The summed E-state index contributed by atoms with van der Waals surface area (Å²) < 4.78 is 0. The standard InChI is InChI=1S/C18H32N4O3/c1-4-5-9-19-15(23)14-7-12-21(13-8-14)10-6-11-22-16(24)18(2,3)20-17(22)25/h14H,4-13H2,1-3H3,(H,19,23)(H,20,25). The second-order valence-electron chi connectivity index (χ2n) is 7.63. The molecule has 2 rings (SSSR count). The maximum Gasteiger partial charge on any atom is 0.325 e. The number of amides is 4. The molecule has 0 radical (unpaired) electrons. The number of hydrogen-bond acceptors (Lipinski definition) is 4. The first-order valence-electron chi connectivity index (χ1n) is 9.49. The fraction of sp³-hybridized carbons (Fsp3) is 0.833. The van der Waals surface area contributed by atoms with Gasteiger partial charge in [-0.15, -0.1) is 0 Å². The number of imide groups is 1. The molecule has 2 N–H and O–H groups in total. The van der Waals surface area contributed by atoms with Crippen LogP contribution in [0.25, 0.3) is 0 Å². The topological polar surface area (TPSA) is 81.8 Å². The molecule has 142 valence electrons. The lowest BCUT2D eigenvalue weighted by Crippen LogP contribution is -2.42. The molecule has 2 heterocycles. The first-order valence-corrected chi connectivity index (χ1v) is 9.49. The molecular formula is C18H32N4O3. The van der Waals surface area contributed by atoms with Crippen LogP contribution in [0.15, 0.2) is 0 Å². The SMILES string of the molecule is CCCCNC(=O)C1CCN(CCCN2C(=O)NC(C)(C)C2=O)CC1. The lowest BCUT2D eigenvalue weighted by atomic mass is 9.95. The first kappa shape index (κ1) is 19.7. The summed E-state index contributed by atoms with van der Waals surface area (Å²) in [7, 11) is 0. The van der Waals surface area contributed by atoms with Gasteiger partial charge < -0.3 is 15.5 Å². The number of nitrogens with one attached hydrogen (secondary N) is 2. The Morgan fingerprint density at radius 2 is 1.88 bits per heavy atom. The van der Waals surface area contributed by atoms with Gasteiger partial charge in [-0.05, 0) is 59.2 Å². The van der Waals surface area contributed by atoms with Gasteiger partial charge in [0, 0.05) is 19.0 Å². The maximum absolute atomic E-state index is 12.1. The molecule has 7 nitrogen and oxygen atoms in total.